The van der Waals surface area contributed by atoms with E-state index >= 15 is 0 Å². The van der Waals surface area contributed by atoms with Gasteiger partial charge in [0, 0.05) is 12.6 Å². The molecule has 1 rings (SSSR count). The van der Waals surface area contributed by atoms with Crippen LogP contribution in [0.3, 0.4) is 0 Å². The highest BCUT2D eigenvalue weighted by molar-refractivity contribution is 7.80. The smallest absolute Gasteiger partial charge is 0.264 e. The van der Waals surface area contributed by atoms with E-state index in [1.165, 1.54) is 6.07 Å². The van der Waals surface area contributed by atoms with Gasteiger partial charge in [0.15, 0.2) is 5.11 Å². The summed E-state index contributed by atoms with van der Waals surface area (Å²) in [5, 5.41) is 11.5. The molecule has 0 fully saturated rings. The van der Waals surface area contributed by atoms with Crippen LogP contribution >= 0.6 is 12.2 Å². The van der Waals surface area contributed by atoms with Crippen molar-refractivity contribution >= 4 is 17.3 Å². The first-order valence-electron chi connectivity index (χ1n) is 4.11. The van der Waals surface area contributed by atoms with E-state index in [9.17, 15) is 4.79 Å². The molecule has 5 nitrogen and oxygen atoms in total. The minimum absolute atomic E-state index is 0.147. The van der Waals surface area contributed by atoms with Gasteiger partial charge in [0.25, 0.3) is 5.56 Å². The molecule has 0 saturated heterocycles. The number of hydrogen-bond acceptors (Lipinski definition) is 2. The van der Waals surface area contributed by atoms with Crippen LogP contribution in [0.2, 0.25) is 0 Å². The van der Waals surface area contributed by atoms with E-state index in [1.54, 1.807) is 6.08 Å². The Morgan fingerprint density at radius 2 is 2.36 bits per heavy atom. The maximum atomic E-state index is 10.7. The van der Waals surface area contributed by atoms with Crippen molar-refractivity contribution < 1.29 is 0 Å². The normalized spacial score (nSPS) is 9.43. The van der Waals surface area contributed by atoms with Crippen molar-refractivity contribution in [2.45, 2.75) is 6.54 Å². The van der Waals surface area contributed by atoms with Gasteiger partial charge in [-0.15, -0.1) is 6.58 Å². The average Bonchev–Trinajstić information content (AvgIpc) is 2.58. The lowest BCUT2D eigenvalue weighted by molar-refractivity contribution is 0.833. The summed E-state index contributed by atoms with van der Waals surface area (Å²) >= 11 is 4.95. The Hall–Kier alpha value is -1.56. The van der Waals surface area contributed by atoms with E-state index in [-0.39, 0.29) is 5.56 Å². The maximum Gasteiger partial charge on any atom is 0.264 e. The van der Waals surface area contributed by atoms with Crippen LogP contribution in [-0.4, -0.2) is 21.9 Å². The third-order valence-corrected chi connectivity index (χ3v) is 1.79. The Morgan fingerprint density at radius 1 is 1.57 bits per heavy atom. The molecule has 1 aromatic heterocycles. The van der Waals surface area contributed by atoms with E-state index in [0.29, 0.717) is 18.2 Å². The molecular formula is C8H12N4OS. The summed E-state index contributed by atoms with van der Waals surface area (Å²) in [6.45, 7) is 4.66. The molecule has 76 valence electrons. The Kier molecular flexibility index (Phi) is 3.93. The Labute approximate surface area is 86.6 Å². The van der Waals surface area contributed by atoms with Crippen LogP contribution in [0.5, 0.6) is 0 Å². The van der Waals surface area contributed by atoms with Crippen molar-refractivity contribution in [2.75, 3.05) is 6.54 Å². The number of H-pyrrole nitrogens is 2. The van der Waals surface area contributed by atoms with Crippen LogP contribution in [0.25, 0.3) is 0 Å². The first-order chi connectivity index (χ1) is 6.72. The number of thiocarbonyl (C=S) groups is 1. The topological polar surface area (TPSA) is 72.7 Å². The molecule has 0 aliphatic carbocycles. The van der Waals surface area contributed by atoms with Gasteiger partial charge in [0.2, 0.25) is 0 Å². The molecule has 0 amide bonds. The lowest BCUT2D eigenvalue weighted by Gasteiger charge is -2.06. The average molecular weight is 212 g/mol. The monoisotopic (exact) mass is 212 g/mol. The van der Waals surface area contributed by atoms with E-state index in [4.69, 9.17) is 12.2 Å². The van der Waals surface area contributed by atoms with E-state index in [0.717, 1.165) is 5.69 Å². The van der Waals surface area contributed by atoms with Gasteiger partial charge in [-0.3, -0.25) is 9.89 Å². The molecule has 4 N–H and O–H groups in total. The van der Waals surface area contributed by atoms with Gasteiger partial charge in [-0.1, -0.05) is 6.08 Å². The zero-order valence-electron chi connectivity index (χ0n) is 7.59. The largest absolute Gasteiger partial charge is 0.359 e. The zero-order valence-corrected chi connectivity index (χ0v) is 8.41. The number of aromatic amines is 2. The van der Waals surface area contributed by atoms with Gasteiger partial charge in [0.1, 0.15) is 0 Å². The molecule has 0 spiro atoms. The highest BCUT2D eigenvalue weighted by Crippen LogP contribution is 1.85. The number of hydrogen-bond donors (Lipinski definition) is 4. The molecule has 1 aromatic rings. The van der Waals surface area contributed by atoms with Gasteiger partial charge in [-0.05, 0) is 12.2 Å². The summed E-state index contributed by atoms with van der Waals surface area (Å²) in [5.74, 6) is 0. The predicted octanol–water partition coefficient (Wildman–Crippen LogP) is -0.147. The van der Waals surface area contributed by atoms with Crippen molar-refractivity contribution in [2.24, 2.45) is 0 Å². The van der Waals surface area contributed by atoms with Crippen LogP contribution in [0.15, 0.2) is 23.5 Å². The van der Waals surface area contributed by atoms with Crippen LogP contribution < -0.4 is 16.2 Å². The Morgan fingerprint density at radius 3 is 2.93 bits per heavy atom. The Bertz CT molecular complexity index is 367. The van der Waals surface area contributed by atoms with Crippen LogP contribution in [0, 0.1) is 0 Å². The molecule has 0 aromatic carbocycles. The van der Waals surface area contributed by atoms with Gasteiger partial charge < -0.3 is 15.7 Å². The first kappa shape index (κ1) is 10.5. The second-order valence-corrected chi connectivity index (χ2v) is 3.04. The summed E-state index contributed by atoms with van der Waals surface area (Å²) in [5.41, 5.74) is 0.615. The second-order valence-electron chi connectivity index (χ2n) is 2.64. The van der Waals surface area contributed by atoms with Gasteiger partial charge in [-0.25, -0.2) is 0 Å². The minimum atomic E-state index is -0.147. The SMILES string of the molecule is C=CCNC(=S)NCc1cc(=O)[nH][nH]1. The maximum absolute atomic E-state index is 10.7. The van der Waals surface area contributed by atoms with Crippen LogP contribution in [0.4, 0.5) is 0 Å². The summed E-state index contributed by atoms with van der Waals surface area (Å²) in [6.07, 6.45) is 1.71. The van der Waals surface area contributed by atoms with Crippen LogP contribution in [0.1, 0.15) is 5.69 Å². The number of nitrogens with one attached hydrogen (secondary N) is 4. The van der Waals surface area contributed by atoms with Crippen molar-refractivity contribution in [3.8, 4) is 0 Å². The van der Waals surface area contributed by atoms with E-state index in [1.807, 2.05) is 0 Å². The second kappa shape index (κ2) is 5.23. The summed E-state index contributed by atoms with van der Waals surface area (Å²) in [4.78, 5) is 10.7. The van der Waals surface area contributed by atoms with Crippen molar-refractivity contribution in [3.63, 3.8) is 0 Å². The third-order valence-electron chi connectivity index (χ3n) is 1.50. The molecule has 0 bridgehead atoms. The highest BCUT2D eigenvalue weighted by atomic mass is 32.1. The Balaban J connectivity index is 2.30. The molecule has 0 unspecified atom stereocenters. The molecule has 0 atom stereocenters. The standard InChI is InChI=1S/C8H12N4OS/c1-2-3-9-8(14)10-5-6-4-7(13)12-11-6/h2,4H,1,3,5H2,(H2,9,10,14)(H2,11,12,13). The fourth-order valence-corrected chi connectivity index (χ4v) is 1.03. The lowest BCUT2D eigenvalue weighted by atomic mass is 10.4. The molecule has 0 aliphatic heterocycles. The molecule has 1 heterocycles. The molecule has 14 heavy (non-hydrogen) atoms. The van der Waals surface area contributed by atoms with Crippen LogP contribution in [-0.2, 0) is 6.54 Å². The molecule has 0 aliphatic rings. The number of aromatic nitrogens is 2. The fourth-order valence-electron chi connectivity index (χ4n) is 0.870. The fraction of sp³-hybridized carbons (Fsp3) is 0.250. The molecule has 6 heteroatoms. The van der Waals surface area contributed by atoms with Crippen molar-refractivity contribution in [3.05, 3.63) is 34.8 Å². The minimum Gasteiger partial charge on any atom is -0.359 e. The summed E-state index contributed by atoms with van der Waals surface area (Å²) in [7, 11) is 0. The summed E-state index contributed by atoms with van der Waals surface area (Å²) < 4.78 is 0. The summed E-state index contributed by atoms with van der Waals surface area (Å²) in [6, 6.07) is 1.48. The molecular weight excluding hydrogens is 200 g/mol. The van der Waals surface area contributed by atoms with Gasteiger partial charge in [0.05, 0.1) is 12.2 Å². The van der Waals surface area contributed by atoms with Crippen molar-refractivity contribution in [1.82, 2.24) is 20.8 Å². The quantitative estimate of drug-likeness (QED) is 0.414. The van der Waals surface area contributed by atoms with E-state index in [2.05, 4.69) is 27.4 Å². The highest BCUT2D eigenvalue weighted by Gasteiger charge is 1.97. The predicted molar refractivity (Wildman–Crippen MR) is 59.1 cm³/mol. The third kappa shape index (κ3) is 3.44. The molecule has 0 radical (unpaired) electrons. The zero-order chi connectivity index (χ0) is 10.4. The first-order valence-corrected chi connectivity index (χ1v) is 4.52. The van der Waals surface area contributed by atoms with Gasteiger partial charge in [-0.2, -0.15) is 0 Å². The lowest BCUT2D eigenvalue weighted by Crippen LogP contribution is -2.34. The van der Waals surface area contributed by atoms with Crippen molar-refractivity contribution in [1.29, 1.82) is 0 Å². The number of rotatable bonds is 4. The van der Waals surface area contributed by atoms with E-state index < -0.39 is 0 Å². The molecule has 0 saturated carbocycles. The van der Waals surface area contributed by atoms with Gasteiger partial charge >= 0.3 is 0 Å².